The normalized spacial score (nSPS) is 14.8. The van der Waals surface area contributed by atoms with Crippen LogP contribution in [0.25, 0.3) is 0 Å². The van der Waals surface area contributed by atoms with Crippen molar-refractivity contribution >= 4 is 5.95 Å². The Balaban J connectivity index is 2.06. The highest BCUT2D eigenvalue weighted by Gasteiger charge is 2.22. The molecule has 0 spiro atoms. The van der Waals surface area contributed by atoms with Crippen LogP contribution in [-0.4, -0.2) is 28.7 Å². The van der Waals surface area contributed by atoms with Gasteiger partial charge in [-0.25, -0.2) is 5.84 Å². The Labute approximate surface area is 87.0 Å². The number of nitrogens with one attached hydrogen (secondary N) is 1. The van der Waals surface area contributed by atoms with Crippen molar-refractivity contribution in [2.24, 2.45) is 11.8 Å². The predicted molar refractivity (Wildman–Crippen MR) is 52.4 cm³/mol. The SMILES string of the molecule is COc1nc(NN)nc(OCC2CC2)n1. The van der Waals surface area contributed by atoms with Crippen LogP contribution in [0.15, 0.2) is 0 Å². The molecule has 0 unspecified atom stereocenters. The Kier molecular flexibility index (Phi) is 2.82. The Morgan fingerprint density at radius 3 is 2.67 bits per heavy atom. The van der Waals surface area contributed by atoms with Crippen LogP contribution in [0.5, 0.6) is 12.0 Å². The minimum atomic E-state index is 0.184. The molecule has 1 aliphatic rings. The first-order valence-corrected chi connectivity index (χ1v) is 4.71. The first-order chi connectivity index (χ1) is 7.31. The summed E-state index contributed by atoms with van der Waals surface area (Å²) in [6.07, 6.45) is 2.43. The fourth-order valence-corrected chi connectivity index (χ4v) is 1.04. The Bertz CT molecular complexity index is 320. The lowest BCUT2D eigenvalue weighted by Crippen LogP contribution is -2.13. The third-order valence-electron chi connectivity index (χ3n) is 2.05. The van der Waals surface area contributed by atoms with E-state index in [4.69, 9.17) is 15.3 Å². The van der Waals surface area contributed by atoms with E-state index in [1.807, 2.05) is 0 Å². The summed E-state index contributed by atoms with van der Waals surface area (Å²) in [6.45, 7) is 0.636. The first-order valence-electron chi connectivity index (χ1n) is 4.71. The Hall–Kier alpha value is -1.63. The molecule has 1 fully saturated rings. The molecule has 1 aromatic heterocycles. The molecule has 1 saturated carbocycles. The molecular weight excluding hydrogens is 198 g/mol. The molecule has 15 heavy (non-hydrogen) atoms. The first kappa shape index (κ1) is 9.91. The smallest absolute Gasteiger partial charge is 0.324 e. The van der Waals surface area contributed by atoms with Gasteiger partial charge in [0.25, 0.3) is 0 Å². The van der Waals surface area contributed by atoms with Gasteiger partial charge in [-0.1, -0.05) is 0 Å². The van der Waals surface area contributed by atoms with Crippen LogP contribution in [0.3, 0.4) is 0 Å². The average molecular weight is 211 g/mol. The van der Waals surface area contributed by atoms with Crippen LogP contribution in [-0.2, 0) is 0 Å². The van der Waals surface area contributed by atoms with E-state index in [-0.39, 0.29) is 18.0 Å². The fraction of sp³-hybridized carbons (Fsp3) is 0.625. The monoisotopic (exact) mass is 211 g/mol. The molecule has 2 rings (SSSR count). The summed E-state index contributed by atoms with van der Waals surface area (Å²) in [7, 11) is 1.47. The van der Waals surface area contributed by atoms with Gasteiger partial charge in [0.05, 0.1) is 13.7 Å². The minimum Gasteiger partial charge on any atom is -0.467 e. The molecule has 7 heteroatoms. The molecule has 0 atom stereocenters. The Morgan fingerprint density at radius 1 is 1.33 bits per heavy atom. The van der Waals surface area contributed by atoms with Gasteiger partial charge in [-0.15, -0.1) is 4.98 Å². The standard InChI is InChI=1S/C8H13N5O2/c1-14-7-10-6(13-9)11-8(12-7)15-4-5-2-3-5/h5H,2-4,9H2,1H3,(H,10,11,12,13). The summed E-state index contributed by atoms with van der Waals surface area (Å²) in [5.74, 6) is 6.07. The minimum absolute atomic E-state index is 0.184. The molecule has 0 saturated heterocycles. The highest BCUT2D eigenvalue weighted by Crippen LogP contribution is 2.29. The van der Waals surface area contributed by atoms with E-state index in [9.17, 15) is 0 Å². The largest absolute Gasteiger partial charge is 0.467 e. The number of nitrogens with two attached hydrogens (primary N) is 1. The van der Waals surface area contributed by atoms with Crippen LogP contribution in [0, 0.1) is 5.92 Å². The van der Waals surface area contributed by atoms with Gasteiger partial charge in [-0.3, -0.25) is 5.43 Å². The van der Waals surface area contributed by atoms with Gasteiger partial charge in [0.2, 0.25) is 5.95 Å². The van der Waals surface area contributed by atoms with Gasteiger partial charge in [0.15, 0.2) is 0 Å². The number of ether oxygens (including phenoxy) is 2. The van der Waals surface area contributed by atoms with E-state index in [0.717, 1.165) is 0 Å². The molecule has 0 aromatic carbocycles. The summed E-state index contributed by atoms with van der Waals surface area (Å²) in [4.78, 5) is 11.7. The van der Waals surface area contributed by atoms with Crippen LogP contribution in [0.2, 0.25) is 0 Å². The molecule has 0 radical (unpaired) electrons. The van der Waals surface area contributed by atoms with Crippen LogP contribution in [0.1, 0.15) is 12.8 Å². The fourth-order valence-electron chi connectivity index (χ4n) is 1.04. The number of methoxy groups -OCH3 is 1. The zero-order valence-corrected chi connectivity index (χ0v) is 8.43. The van der Waals surface area contributed by atoms with Crippen molar-refractivity contribution in [2.45, 2.75) is 12.8 Å². The molecule has 0 aliphatic heterocycles. The maximum Gasteiger partial charge on any atom is 0.324 e. The number of hydrogen-bond acceptors (Lipinski definition) is 7. The summed E-state index contributed by atoms with van der Waals surface area (Å²) >= 11 is 0. The van der Waals surface area contributed by atoms with E-state index in [0.29, 0.717) is 12.5 Å². The van der Waals surface area contributed by atoms with Crippen LogP contribution < -0.4 is 20.7 Å². The molecule has 1 aliphatic carbocycles. The zero-order valence-electron chi connectivity index (χ0n) is 8.43. The number of aromatic nitrogens is 3. The number of rotatable bonds is 5. The lowest BCUT2D eigenvalue weighted by atomic mass is 10.5. The maximum atomic E-state index is 5.38. The molecular formula is C8H13N5O2. The topological polar surface area (TPSA) is 95.2 Å². The summed E-state index contributed by atoms with van der Waals surface area (Å²) in [5, 5.41) is 0. The van der Waals surface area contributed by atoms with Crippen molar-refractivity contribution in [2.75, 3.05) is 19.1 Å². The van der Waals surface area contributed by atoms with E-state index >= 15 is 0 Å². The lowest BCUT2D eigenvalue weighted by molar-refractivity contribution is 0.267. The van der Waals surface area contributed by atoms with Crippen molar-refractivity contribution in [3.63, 3.8) is 0 Å². The molecule has 0 bridgehead atoms. The average Bonchev–Trinajstić information content (AvgIpc) is 3.09. The van der Waals surface area contributed by atoms with Gasteiger partial charge in [-0.05, 0) is 18.8 Å². The summed E-state index contributed by atoms with van der Waals surface area (Å²) < 4.78 is 10.3. The van der Waals surface area contributed by atoms with Gasteiger partial charge >= 0.3 is 12.0 Å². The van der Waals surface area contributed by atoms with E-state index in [2.05, 4.69) is 20.4 Å². The lowest BCUT2D eigenvalue weighted by Gasteiger charge is -2.06. The van der Waals surface area contributed by atoms with Gasteiger partial charge in [0.1, 0.15) is 0 Å². The number of nitrogen functional groups attached to an aromatic ring is 1. The number of nitrogens with zero attached hydrogens (tertiary/aromatic N) is 3. The van der Waals surface area contributed by atoms with E-state index in [1.165, 1.54) is 20.0 Å². The second-order valence-electron chi connectivity index (χ2n) is 3.33. The van der Waals surface area contributed by atoms with Crippen LogP contribution >= 0.6 is 0 Å². The quantitative estimate of drug-likeness (QED) is 0.521. The highest BCUT2D eigenvalue weighted by atomic mass is 16.5. The van der Waals surface area contributed by atoms with Crippen molar-refractivity contribution < 1.29 is 9.47 Å². The predicted octanol–water partition coefficient (Wildman–Crippen LogP) is -0.0454. The van der Waals surface area contributed by atoms with Crippen molar-refractivity contribution in [3.8, 4) is 12.0 Å². The third kappa shape index (κ3) is 2.66. The second-order valence-corrected chi connectivity index (χ2v) is 3.33. The van der Waals surface area contributed by atoms with E-state index < -0.39 is 0 Å². The van der Waals surface area contributed by atoms with E-state index in [1.54, 1.807) is 0 Å². The van der Waals surface area contributed by atoms with Crippen molar-refractivity contribution in [1.82, 2.24) is 15.0 Å². The summed E-state index contributed by atoms with van der Waals surface area (Å²) in [6, 6.07) is 0.422. The number of anilines is 1. The Morgan fingerprint density at radius 2 is 2.07 bits per heavy atom. The van der Waals surface area contributed by atoms with Crippen LogP contribution in [0.4, 0.5) is 5.95 Å². The number of hydrazine groups is 1. The maximum absolute atomic E-state index is 5.38. The summed E-state index contributed by atoms with van der Waals surface area (Å²) in [5.41, 5.74) is 2.32. The van der Waals surface area contributed by atoms with Gasteiger partial charge in [0, 0.05) is 0 Å². The molecule has 0 amide bonds. The molecule has 1 aromatic rings. The zero-order chi connectivity index (χ0) is 10.7. The second kappa shape index (κ2) is 4.26. The van der Waals surface area contributed by atoms with Gasteiger partial charge in [-0.2, -0.15) is 9.97 Å². The van der Waals surface area contributed by atoms with Crippen molar-refractivity contribution in [3.05, 3.63) is 0 Å². The third-order valence-corrected chi connectivity index (χ3v) is 2.05. The number of hydrogen-bond donors (Lipinski definition) is 2. The van der Waals surface area contributed by atoms with Gasteiger partial charge < -0.3 is 9.47 Å². The highest BCUT2D eigenvalue weighted by molar-refractivity contribution is 5.25. The molecule has 82 valence electrons. The van der Waals surface area contributed by atoms with Crippen molar-refractivity contribution in [1.29, 1.82) is 0 Å². The molecule has 3 N–H and O–H groups in total. The molecule has 7 nitrogen and oxygen atoms in total. The molecule has 1 heterocycles.